The number of hydrogen-bond acceptors (Lipinski definition) is 4. The van der Waals surface area contributed by atoms with E-state index in [-0.39, 0.29) is 25.0 Å². The van der Waals surface area contributed by atoms with Crippen molar-refractivity contribution < 1.29 is 18.0 Å². The van der Waals surface area contributed by atoms with Crippen LogP contribution in [0.1, 0.15) is 44.6 Å². The molecule has 1 aliphatic carbocycles. The summed E-state index contributed by atoms with van der Waals surface area (Å²) in [4.78, 5) is 28.0. The topological polar surface area (TPSA) is 86.8 Å². The summed E-state index contributed by atoms with van der Waals surface area (Å²) < 4.78 is 26.1. The molecular weight excluding hydrogens is 438 g/mol. The molecular formula is C25H33N3O4S. The molecule has 0 heterocycles. The normalized spacial score (nSPS) is 15.5. The van der Waals surface area contributed by atoms with Gasteiger partial charge in [0.15, 0.2) is 0 Å². The van der Waals surface area contributed by atoms with Gasteiger partial charge < -0.3 is 10.2 Å². The van der Waals surface area contributed by atoms with Crippen LogP contribution in [0.3, 0.4) is 0 Å². The summed E-state index contributed by atoms with van der Waals surface area (Å²) in [7, 11) is -3.70. The van der Waals surface area contributed by atoms with Crippen LogP contribution in [0.2, 0.25) is 0 Å². The zero-order chi connectivity index (χ0) is 23.8. The molecule has 2 aromatic carbocycles. The molecule has 1 fully saturated rings. The van der Waals surface area contributed by atoms with E-state index in [0.717, 1.165) is 41.8 Å². The van der Waals surface area contributed by atoms with Crippen molar-refractivity contribution >= 4 is 27.5 Å². The molecule has 0 spiro atoms. The minimum absolute atomic E-state index is 0.124. The van der Waals surface area contributed by atoms with Crippen LogP contribution >= 0.6 is 0 Å². The van der Waals surface area contributed by atoms with Gasteiger partial charge in [-0.05, 0) is 37.5 Å². The highest BCUT2D eigenvalue weighted by atomic mass is 32.2. The first-order valence-corrected chi connectivity index (χ1v) is 13.3. The number of benzene rings is 2. The lowest BCUT2D eigenvalue weighted by molar-refractivity contribution is -0.139. The third-order valence-corrected chi connectivity index (χ3v) is 7.18. The average molecular weight is 472 g/mol. The predicted octanol–water partition coefficient (Wildman–Crippen LogP) is 3.32. The Bertz CT molecular complexity index is 1020. The molecule has 2 amide bonds. The van der Waals surface area contributed by atoms with E-state index < -0.39 is 22.0 Å². The summed E-state index contributed by atoms with van der Waals surface area (Å²) in [5.41, 5.74) is 1.28. The average Bonchev–Trinajstić information content (AvgIpc) is 2.81. The summed E-state index contributed by atoms with van der Waals surface area (Å²) >= 11 is 0. The van der Waals surface area contributed by atoms with Gasteiger partial charge in [0.25, 0.3) is 0 Å². The van der Waals surface area contributed by atoms with Crippen LogP contribution < -0.4 is 9.62 Å². The smallest absolute Gasteiger partial charge is 0.244 e. The minimum atomic E-state index is -3.70. The van der Waals surface area contributed by atoms with Crippen molar-refractivity contribution in [3.63, 3.8) is 0 Å². The van der Waals surface area contributed by atoms with Crippen molar-refractivity contribution in [1.29, 1.82) is 0 Å². The number of nitrogens with zero attached hydrogens (tertiary/aromatic N) is 2. The Hall–Kier alpha value is -2.87. The number of para-hydroxylation sites is 1. The van der Waals surface area contributed by atoms with Gasteiger partial charge in [-0.3, -0.25) is 13.9 Å². The molecule has 1 atom stereocenters. The minimum Gasteiger partial charge on any atom is -0.352 e. The van der Waals surface area contributed by atoms with Gasteiger partial charge in [0.05, 0.1) is 11.9 Å². The third-order valence-electron chi connectivity index (χ3n) is 6.04. The summed E-state index contributed by atoms with van der Waals surface area (Å²) in [6.45, 7) is 1.54. The lowest BCUT2D eigenvalue weighted by Crippen LogP contribution is -2.52. The lowest BCUT2D eigenvalue weighted by Gasteiger charge is -2.33. The molecule has 0 aliphatic heterocycles. The first-order chi connectivity index (χ1) is 15.8. The van der Waals surface area contributed by atoms with E-state index >= 15 is 0 Å². The van der Waals surface area contributed by atoms with E-state index in [2.05, 4.69) is 5.32 Å². The SMILES string of the molecule is C[C@@H](C(=O)NC1CCCCC1)N(Cc1ccccc1)C(=O)CN(c1ccccc1)S(C)(=O)=O. The number of carbonyl (C=O) groups excluding carboxylic acids is 2. The zero-order valence-corrected chi connectivity index (χ0v) is 20.1. The molecule has 0 unspecified atom stereocenters. The molecule has 178 valence electrons. The third kappa shape index (κ3) is 7.05. The molecule has 3 rings (SSSR count). The summed E-state index contributed by atoms with van der Waals surface area (Å²) in [5.74, 6) is -0.642. The standard InChI is InChI=1S/C25H33N3O4S/c1-20(25(30)26-22-14-8-4-9-15-22)27(18-21-12-6-3-7-13-21)24(29)19-28(33(2,31)32)23-16-10-5-11-17-23/h3,5-7,10-13,16-17,20,22H,4,8-9,14-15,18-19H2,1-2H3,(H,26,30)/t20-/m0/s1. The molecule has 0 radical (unpaired) electrons. The number of nitrogens with one attached hydrogen (secondary N) is 1. The summed E-state index contributed by atoms with van der Waals surface area (Å²) in [6.07, 6.45) is 6.33. The van der Waals surface area contributed by atoms with Gasteiger partial charge >= 0.3 is 0 Å². The molecule has 2 aromatic rings. The fraction of sp³-hybridized carbons (Fsp3) is 0.440. The zero-order valence-electron chi connectivity index (χ0n) is 19.3. The van der Waals surface area contributed by atoms with Gasteiger partial charge in [0.2, 0.25) is 21.8 Å². The maximum atomic E-state index is 13.5. The Balaban J connectivity index is 1.82. The number of hydrogen-bond donors (Lipinski definition) is 1. The number of anilines is 1. The van der Waals surface area contributed by atoms with Crippen molar-refractivity contribution in [2.45, 2.75) is 57.7 Å². The quantitative estimate of drug-likeness (QED) is 0.608. The molecule has 0 saturated heterocycles. The van der Waals surface area contributed by atoms with Gasteiger partial charge in [-0.2, -0.15) is 0 Å². The van der Waals surface area contributed by atoms with Crippen molar-refractivity contribution in [3.8, 4) is 0 Å². The van der Waals surface area contributed by atoms with E-state index in [1.165, 1.54) is 11.3 Å². The molecule has 7 nitrogen and oxygen atoms in total. The molecule has 8 heteroatoms. The Morgan fingerprint density at radius 1 is 0.970 bits per heavy atom. The molecule has 1 aliphatic rings. The molecule has 0 bridgehead atoms. The van der Waals surface area contributed by atoms with E-state index in [4.69, 9.17) is 0 Å². The Kier molecular flexibility index (Phi) is 8.49. The van der Waals surface area contributed by atoms with Gasteiger partial charge in [0.1, 0.15) is 12.6 Å². The van der Waals surface area contributed by atoms with Gasteiger partial charge in [-0.25, -0.2) is 8.42 Å². The fourth-order valence-corrected chi connectivity index (χ4v) is 4.99. The monoisotopic (exact) mass is 471 g/mol. The van der Waals surface area contributed by atoms with Crippen molar-refractivity contribution in [2.75, 3.05) is 17.1 Å². The Morgan fingerprint density at radius 2 is 1.55 bits per heavy atom. The van der Waals surface area contributed by atoms with E-state index in [0.29, 0.717) is 5.69 Å². The van der Waals surface area contributed by atoms with E-state index in [1.54, 1.807) is 37.3 Å². The first-order valence-electron chi connectivity index (χ1n) is 11.4. The second kappa shape index (κ2) is 11.3. The highest BCUT2D eigenvalue weighted by Gasteiger charge is 2.31. The van der Waals surface area contributed by atoms with Gasteiger partial charge in [-0.15, -0.1) is 0 Å². The highest BCUT2D eigenvalue weighted by Crippen LogP contribution is 2.20. The van der Waals surface area contributed by atoms with Crippen LogP contribution in [0.4, 0.5) is 5.69 Å². The van der Waals surface area contributed by atoms with Crippen molar-refractivity contribution in [1.82, 2.24) is 10.2 Å². The van der Waals surface area contributed by atoms with Gasteiger partial charge in [0, 0.05) is 12.6 Å². The molecule has 1 N–H and O–H groups in total. The van der Waals surface area contributed by atoms with Crippen LogP contribution in [0.25, 0.3) is 0 Å². The number of amides is 2. The molecule has 33 heavy (non-hydrogen) atoms. The maximum Gasteiger partial charge on any atom is 0.244 e. The van der Waals surface area contributed by atoms with Crippen LogP contribution in [-0.4, -0.2) is 50.0 Å². The maximum absolute atomic E-state index is 13.5. The summed E-state index contributed by atoms with van der Waals surface area (Å²) in [6, 6.07) is 17.3. The van der Waals surface area contributed by atoms with Crippen LogP contribution in [-0.2, 0) is 26.2 Å². The number of carbonyl (C=O) groups is 2. The van der Waals surface area contributed by atoms with Crippen molar-refractivity contribution in [2.24, 2.45) is 0 Å². The van der Waals surface area contributed by atoms with Crippen LogP contribution in [0, 0.1) is 0 Å². The summed E-state index contributed by atoms with van der Waals surface area (Å²) in [5, 5.41) is 3.09. The van der Waals surface area contributed by atoms with Crippen LogP contribution in [0.5, 0.6) is 0 Å². The number of rotatable bonds is 9. The number of sulfonamides is 1. The van der Waals surface area contributed by atoms with Crippen molar-refractivity contribution in [3.05, 3.63) is 66.2 Å². The molecule has 1 saturated carbocycles. The van der Waals surface area contributed by atoms with Gasteiger partial charge in [-0.1, -0.05) is 67.8 Å². The lowest BCUT2D eigenvalue weighted by atomic mass is 9.95. The predicted molar refractivity (Wildman–Crippen MR) is 130 cm³/mol. The second-order valence-corrected chi connectivity index (χ2v) is 10.5. The van der Waals surface area contributed by atoms with Crippen LogP contribution in [0.15, 0.2) is 60.7 Å². The highest BCUT2D eigenvalue weighted by molar-refractivity contribution is 7.92. The fourth-order valence-electron chi connectivity index (χ4n) is 4.14. The molecule has 0 aromatic heterocycles. The van der Waals surface area contributed by atoms with E-state index in [9.17, 15) is 18.0 Å². The van der Waals surface area contributed by atoms with E-state index in [1.807, 2.05) is 30.3 Å². The Morgan fingerprint density at radius 3 is 2.12 bits per heavy atom. The Labute approximate surface area is 196 Å². The second-order valence-electron chi connectivity index (χ2n) is 8.63. The largest absolute Gasteiger partial charge is 0.352 e. The first kappa shape index (κ1) is 24.8.